The Bertz CT molecular complexity index is 634. The molecule has 0 aromatic rings. The first-order valence-corrected chi connectivity index (χ1v) is 16.8. The topological polar surface area (TPSA) is 103 Å². The third-order valence-electron chi connectivity index (χ3n) is 6.25. The van der Waals surface area contributed by atoms with Crippen LogP contribution in [0.15, 0.2) is 0 Å². The van der Waals surface area contributed by atoms with Gasteiger partial charge in [0.25, 0.3) is 0 Å². The Labute approximate surface area is 278 Å². The molecule has 0 radical (unpaired) electrons. The number of aliphatic hydroxyl groups is 1. The van der Waals surface area contributed by atoms with Gasteiger partial charge in [0.1, 0.15) is 12.2 Å². The molecule has 1 saturated heterocycles. The van der Waals surface area contributed by atoms with Crippen molar-refractivity contribution in [1.82, 2.24) is 0 Å². The zero-order chi connectivity index (χ0) is 35.6. The summed E-state index contributed by atoms with van der Waals surface area (Å²) in [4.78, 5) is 0. The maximum atomic E-state index is 8.93. The van der Waals surface area contributed by atoms with E-state index in [1.807, 2.05) is 41.5 Å². The highest BCUT2D eigenvalue weighted by Gasteiger charge is 2.34. The van der Waals surface area contributed by atoms with Crippen LogP contribution in [0.1, 0.15) is 109 Å². The molecule has 1 aliphatic rings. The second kappa shape index (κ2) is 27.5. The van der Waals surface area contributed by atoms with E-state index in [4.69, 9.17) is 47.7 Å². The normalized spacial score (nSPS) is 17.7. The lowest BCUT2D eigenvalue weighted by Crippen LogP contribution is -2.41. The zero-order valence-electron chi connectivity index (χ0n) is 32.3. The van der Waals surface area contributed by atoms with E-state index in [-0.39, 0.29) is 41.5 Å². The molecule has 45 heavy (non-hydrogen) atoms. The van der Waals surface area contributed by atoms with Gasteiger partial charge >= 0.3 is 0 Å². The minimum Gasteiger partial charge on any atom is -0.396 e. The number of ether oxygens (including phenoxy) is 9. The van der Waals surface area contributed by atoms with Crippen LogP contribution in [0, 0.1) is 5.41 Å². The van der Waals surface area contributed by atoms with Gasteiger partial charge in [-0.2, -0.15) is 0 Å². The van der Waals surface area contributed by atoms with Crippen LogP contribution in [0.3, 0.4) is 0 Å². The summed E-state index contributed by atoms with van der Waals surface area (Å²) < 4.78 is 49.8. The van der Waals surface area contributed by atoms with Crippen molar-refractivity contribution in [3.05, 3.63) is 0 Å². The molecule has 276 valence electrons. The van der Waals surface area contributed by atoms with Crippen molar-refractivity contribution < 1.29 is 47.7 Å². The Morgan fingerprint density at radius 3 is 1.76 bits per heavy atom. The maximum Gasteiger partial charge on any atom is 0.163 e. The second-order valence-electron chi connectivity index (χ2n) is 13.7. The number of aliphatic hydroxyl groups excluding tert-OH is 1. The van der Waals surface area contributed by atoms with E-state index < -0.39 is 5.79 Å². The minimum atomic E-state index is -0.490. The van der Waals surface area contributed by atoms with Crippen LogP contribution >= 0.6 is 0 Å². The summed E-state index contributed by atoms with van der Waals surface area (Å²) >= 11 is 0. The van der Waals surface area contributed by atoms with E-state index in [2.05, 4.69) is 48.5 Å². The van der Waals surface area contributed by atoms with Crippen molar-refractivity contribution in [2.24, 2.45) is 5.41 Å². The average Bonchev–Trinajstić information content (AvgIpc) is 3.28. The van der Waals surface area contributed by atoms with Crippen molar-refractivity contribution in [3.63, 3.8) is 0 Å². The molecule has 1 rings (SSSR count). The Hall–Kier alpha value is -0.400. The van der Waals surface area contributed by atoms with Crippen LogP contribution in [0.25, 0.3) is 0 Å². The molecule has 1 heterocycles. The summed E-state index contributed by atoms with van der Waals surface area (Å²) in [7, 11) is 4.98. The van der Waals surface area contributed by atoms with Crippen molar-refractivity contribution in [3.8, 4) is 0 Å². The average molecular weight is 657 g/mol. The van der Waals surface area contributed by atoms with Crippen LogP contribution < -0.4 is 0 Å². The summed E-state index contributed by atoms with van der Waals surface area (Å²) in [5.41, 5.74) is -0.597. The summed E-state index contributed by atoms with van der Waals surface area (Å²) in [5.74, 6) is -0.490. The fourth-order valence-corrected chi connectivity index (χ4v) is 3.87. The van der Waals surface area contributed by atoms with Gasteiger partial charge in [0, 0.05) is 34.5 Å². The monoisotopic (exact) mass is 657 g/mol. The molecule has 3 unspecified atom stereocenters. The summed E-state index contributed by atoms with van der Waals surface area (Å²) in [6.07, 6.45) is 2.60. The van der Waals surface area contributed by atoms with Gasteiger partial charge in [-0.1, -0.05) is 54.9 Å². The van der Waals surface area contributed by atoms with E-state index in [0.29, 0.717) is 59.3 Å². The van der Waals surface area contributed by atoms with E-state index in [1.54, 1.807) is 21.3 Å². The highest BCUT2D eigenvalue weighted by molar-refractivity contribution is 4.80. The molecular formula is C35H76O10. The van der Waals surface area contributed by atoms with Gasteiger partial charge in [-0.25, -0.2) is 0 Å². The largest absolute Gasteiger partial charge is 0.396 e. The molecule has 0 spiro atoms. The Kier molecular flexibility index (Phi) is 30.0. The predicted molar refractivity (Wildman–Crippen MR) is 183 cm³/mol. The molecule has 3 atom stereocenters. The third kappa shape index (κ3) is 29.5. The molecule has 0 amide bonds. The summed E-state index contributed by atoms with van der Waals surface area (Å²) in [6.45, 7) is 31.2. The van der Waals surface area contributed by atoms with Crippen LogP contribution in [0.4, 0.5) is 0 Å². The Morgan fingerprint density at radius 2 is 1.31 bits per heavy atom. The predicted octanol–water partition coefficient (Wildman–Crippen LogP) is 6.69. The van der Waals surface area contributed by atoms with Gasteiger partial charge in [-0.05, 0) is 59.8 Å². The van der Waals surface area contributed by atoms with E-state index in [1.165, 1.54) is 6.42 Å². The lowest BCUT2D eigenvalue weighted by Gasteiger charge is -2.37. The molecule has 0 aromatic heterocycles. The zero-order valence-corrected chi connectivity index (χ0v) is 32.3. The van der Waals surface area contributed by atoms with Crippen molar-refractivity contribution in [2.75, 3.05) is 80.8 Å². The minimum absolute atomic E-state index is 0.0184. The number of hydrogen-bond acceptors (Lipinski definition) is 10. The molecule has 0 aliphatic carbocycles. The smallest absolute Gasteiger partial charge is 0.163 e. The lowest BCUT2D eigenvalue weighted by atomic mass is 9.88. The summed E-state index contributed by atoms with van der Waals surface area (Å²) in [6, 6.07) is 0. The lowest BCUT2D eigenvalue weighted by molar-refractivity contribution is -0.153. The highest BCUT2D eigenvalue weighted by atomic mass is 16.7. The second-order valence-corrected chi connectivity index (χ2v) is 13.7. The molecular weight excluding hydrogens is 580 g/mol. The number of methoxy groups -OCH3 is 3. The molecule has 10 nitrogen and oxygen atoms in total. The van der Waals surface area contributed by atoms with Crippen LogP contribution in [0.2, 0.25) is 0 Å². The highest BCUT2D eigenvalue weighted by Crippen LogP contribution is 2.29. The molecule has 1 aliphatic heterocycles. The first-order valence-electron chi connectivity index (χ1n) is 16.8. The molecule has 1 N–H and O–H groups in total. The quantitative estimate of drug-likeness (QED) is 0.143. The van der Waals surface area contributed by atoms with Crippen LogP contribution in [-0.2, 0) is 42.6 Å². The Balaban J connectivity index is -0.000000709. The first-order chi connectivity index (χ1) is 20.9. The van der Waals surface area contributed by atoms with Crippen LogP contribution in [0.5, 0.6) is 0 Å². The SMILES string of the molecule is CC.CCC.COCC(OC(C)(C)CCOCC1COC(C)(C)O1)C(C)(C)C.COCCOCC(COC)OC(C)(C)CCO. The van der Waals surface area contributed by atoms with E-state index >= 15 is 0 Å². The van der Waals surface area contributed by atoms with Gasteiger partial charge in [0.05, 0.1) is 63.6 Å². The van der Waals surface area contributed by atoms with Gasteiger partial charge in [-0.3, -0.25) is 0 Å². The van der Waals surface area contributed by atoms with Crippen LogP contribution in [-0.4, -0.2) is 121 Å². The number of hydrogen-bond donors (Lipinski definition) is 1. The molecule has 0 saturated carbocycles. The first kappa shape index (κ1) is 49.0. The molecule has 0 bridgehead atoms. The Morgan fingerprint density at radius 1 is 0.756 bits per heavy atom. The van der Waals surface area contributed by atoms with E-state index in [9.17, 15) is 0 Å². The van der Waals surface area contributed by atoms with Gasteiger partial charge in [0.2, 0.25) is 0 Å². The maximum absolute atomic E-state index is 8.93. The molecule has 1 fully saturated rings. The van der Waals surface area contributed by atoms with Gasteiger partial charge < -0.3 is 47.7 Å². The summed E-state index contributed by atoms with van der Waals surface area (Å²) in [5, 5.41) is 8.93. The van der Waals surface area contributed by atoms with E-state index in [0.717, 1.165) is 6.42 Å². The molecule has 10 heteroatoms. The molecule has 0 aromatic carbocycles. The third-order valence-corrected chi connectivity index (χ3v) is 6.25. The van der Waals surface area contributed by atoms with Crippen molar-refractivity contribution in [1.29, 1.82) is 0 Å². The van der Waals surface area contributed by atoms with Gasteiger partial charge in [0.15, 0.2) is 5.79 Å². The number of rotatable bonds is 20. The fraction of sp³-hybridized carbons (Fsp3) is 1.00. The standard InChI is InChI=1S/C18H36O5.C12H26O5.C3H8.C2H6/c1-16(2,3)15(13-19-8)23-17(4,5)9-10-20-11-14-12-21-18(6,7)22-14;1-12(2,5-6-13)17-11(9-15-4)10-16-8-7-14-3;1-3-2;1-2/h14-15H,9-13H2,1-8H3;11,13H,5-10H2,1-4H3;3H2,1-2H3;1-2H3. The van der Waals surface area contributed by atoms with Gasteiger partial charge in [-0.15, -0.1) is 0 Å². The van der Waals surface area contributed by atoms with Crippen molar-refractivity contribution in [2.45, 2.75) is 145 Å². The fourth-order valence-electron chi connectivity index (χ4n) is 3.87. The van der Waals surface area contributed by atoms with Crippen molar-refractivity contribution >= 4 is 0 Å².